The van der Waals surface area contributed by atoms with Gasteiger partial charge in [-0.2, -0.15) is 0 Å². The van der Waals surface area contributed by atoms with Crippen LogP contribution in [0.2, 0.25) is 0 Å². The highest BCUT2D eigenvalue weighted by molar-refractivity contribution is 6.09. The Labute approximate surface area is 170 Å². The number of methoxy groups -OCH3 is 1. The number of carbonyl (C=O) groups excluding carboxylic acids is 2. The molecule has 2 amide bonds. The molecular weight excluding hydrogens is 364 g/mol. The number of hydrogen-bond acceptors (Lipinski definition) is 3. The molecule has 5 heteroatoms. The summed E-state index contributed by atoms with van der Waals surface area (Å²) in [7, 11) is 1.57. The highest BCUT2D eigenvalue weighted by Crippen LogP contribution is 2.23. The lowest BCUT2D eigenvalue weighted by Gasteiger charge is -2.13. The van der Waals surface area contributed by atoms with Gasteiger partial charge >= 0.3 is 0 Å². The minimum absolute atomic E-state index is 0.254. The summed E-state index contributed by atoms with van der Waals surface area (Å²) in [6.07, 6.45) is 0. The molecule has 0 saturated heterocycles. The van der Waals surface area contributed by atoms with Crippen molar-refractivity contribution >= 4 is 23.2 Å². The van der Waals surface area contributed by atoms with Gasteiger partial charge in [0.2, 0.25) is 0 Å². The molecule has 148 valence electrons. The van der Waals surface area contributed by atoms with E-state index < -0.39 is 0 Å². The van der Waals surface area contributed by atoms with Gasteiger partial charge in [-0.15, -0.1) is 0 Å². The Hall–Kier alpha value is -3.60. The van der Waals surface area contributed by atoms with Gasteiger partial charge in [-0.25, -0.2) is 0 Å². The maximum absolute atomic E-state index is 12.8. The van der Waals surface area contributed by atoms with E-state index in [2.05, 4.69) is 10.6 Å². The second kappa shape index (κ2) is 8.61. The number of carbonyl (C=O) groups is 2. The van der Waals surface area contributed by atoms with Crippen LogP contribution in [0.1, 0.15) is 37.4 Å². The number of hydrogen-bond donors (Lipinski definition) is 2. The number of anilines is 2. The molecule has 3 aromatic carbocycles. The zero-order valence-corrected chi connectivity index (χ0v) is 17.0. The van der Waals surface area contributed by atoms with Crippen molar-refractivity contribution in [2.75, 3.05) is 17.7 Å². The smallest absolute Gasteiger partial charge is 0.255 e. The summed E-state index contributed by atoms with van der Waals surface area (Å²) in [5, 5.41) is 5.79. The van der Waals surface area contributed by atoms with E-state index in [0.717, 1.165) is 22.4 Å². The Kier molecular flexibility index (Phi) is 5.98. The van der Waals surface area contributed by atoms with Crippen molar-refractivity contribution in [2.45, 2.75) is 20.8 Å². The molecule has 0 radical (unpaired) electrons. The van der Waals surface area contributed by atoms with Gasteiger partial charge in [-0.1, -0.05) is 29.8 Å². The van der Waals surface area contributed by atoms with Gasteiger partial charge in [-0.05, 0) is 62.2 Å². The summed E-state index contributed by atoms with van der Waals surface area (Å²) in [5.41, 5.74) is 5.39. The molecule has 0 aliphatic rings. The van der Waals surface area contributed by atoms with E-state index >= 15 is 0 Å². The van der Waals surface area contributed by atoms with Crippen molar-refractivity contribution in [3.63, 3.8) is 0 Å². The SMILES string of the molecule is COc1cccc(NC(=O)c2cccc(C(=O)Nc3c(C)cc(C)cc3C)c2)c1. The highest BCUT2D eigenvalue weighted by atomic mass is 16.5. The Morgan fingerprint density at radius 3 is 1.97 bits per heavy atom. The van der Waals surface area contributed by atoms with Crippen LogP contribution < -0.4 is 15.4 Å². The number of amides is 2. The molecule has 0 aliphatic heterocycles. The van der Waals surface area contributed by atoms with Crippen molar-refractivity contribution < 1.29 is 14.3 Å². The zero-order valence-electron chi connectivity index (χ0n) is 17.0. The average Bonchev–Trinajstić information content (AvgIpc) is 2.70. The summed E-state index contributed by atoms with van der Waals surface area (Å²) in [6.45, 7) is 5.96. The molecule has 0 unspecified atom stereocenters. The lowest BCUT2D eigenvalue weighted by molar-refractivity contribution is 0.102. The molecular formula is C24H24N2O3. The van der Waals surface area contributed by atoms with Crippen molar-refractivity contribution in [1.82, 2.24) is 0 Å². The second-order valence-corrected chi connectivity index (χ2v) is 6.99. The summed E-state index contributed by atoms with van der Waals surface area (Å²) < 4.78 is 5.17. The van der Waals surface area contributed by atoms with Crippen LogP contribution in [0.15, 0.2) is 60.7 Å². The lowest BCUT2D eigenvalue weighted by Crippen LogP contribution is -2.16. The fraction of sp³-hybridized carbons (Fsp3) is 0.167. The molecule has 2 N–H and O–H groups in total. The van der Waals surface area contributed by atoms with Crippen molar-refractivity contribution in [3.8, 4) is 5.75 Å². The van der Waals surface area contributed by atoms with Crippen LogP contribution in [0, 0.1) is 20.8 Å². The number of nitrogens with one attached hydrogen (secondary N) is 2. The molecule has 29 heavy (non-hydrogen) atoms. The molecule has 5 nitrogen and oxygen atoms in total. The van der Waals surface area contributed by atoms with Gasteiger partial charge in [0, 0.05) is 28.6 Å². The molecule has 3 aromatic rings. The van der Waals surface area contributed by atoms with Gasteiger partial charge in [-0.3, -0.25) is 9.59 Å². The fourth-order valence-corrected chi connectivity index (χ4v) is 3.27. The Morgan fingerprint density at radius 2 is 1.34 bits per heavy atom. The minimum atomic E-state index is -0.296. The lowest BCUT2D eigenvalue weighted by atomic mass is 10.0. The first kappa shape index (κ1) is 20.1. The van der Waals surface area contributed by atoms with Gasteiger partial charge < -0.3 is 15.4 Å². The summed E-state index contributed by atoms with van der Waals surface area (Å²) in [6, 6.07) is 17.8. The van der Waals surface area contributed by atoms with E-state index in [-0.39, 0.29) is 11.8 Å². The first-order valence-corrected chi connectivity index (χ1v) is 9.32. The Balaban J connectivity index is 1.78. The van der Waals surface area contributed by atoms with E-state index in [0.29, 0.717) is 22.6 Å². The third-order valence-corrected chi connectivity index (χ3v) is 4.63. The number of aryl methyl sites for hydroxylation is 3. The third kappa shape index (κ3) is 4.82. The molecule has 0 bridgehead atoms. The second-order valence-electron chi connectivity index (χ2n) is 6.99. The highest BCUT2D eigenvalue weighted by Gasteiger charge is 2.13. The van der Waals surface area contributed by atoms with Gasteiger partial charge in [0.05, 0.1) is 7.11 Å². The van der Waals surface area contributed by atoms with Crippen molar-refractivity contribution in [2.24, 2.45) is 0 Å². The fourth-order valence-electron chi connectivity index (χ4n) is 3.27. The van der Waals surface area contributed by atoms with E-state index in [9.17, 15) is 9.59 Å². The molecule has 0 aromatic heterocycles. The monoisotopic (exact) mass is 388 g/mol. The molecule has 0 atom stereocenters. The predicted octanol–water partition coefficient (Wildman–Crippen LogP) is 5.13. The van der Waals surface area contributed by atoms with Crippen LogP contribution in [0.25, 0.3) is 0 Å². The van der Waals surface area contributed by atoms with Crippen molar-refractivity contribution in [1.29, 1.82) is 0 Å². The quantitative estimate of drug-likeness (QED) is 0.637. The Morgan fingerprint density at radius 1 is 0.759 bits per heavy atom. The standard InChI is InChI=1S/C24H24N2O3/c1-15-11-16(2)22(17(3)12-15)26-24(28)19-8-5-7-18(13-19)23(27)25-20-9-6-10-21(14-20)29-4/h5-14H,1-4H3,(H,25,27)(H,26,28). The van der Waals surface area contributed by atoms with Gasteiger partial charge in [0.15, 0.2) is 0 Å². The van der Waals surface area contributed by atoms with E-state index in [1.54, 1.807) is 55.6 Å². The normalized spacial score (nSPS) is 10.3. The van der Waals surface area contributed by atoms with E-state index in [1.807, 2.05) is 32.9 Å². The first-order valence-electron chi connectivity index (χ1n) is 9.32. The molecule has 0 fully saturated rings. The number of rotatable bonds is 5. The predicted molar refractivity (Wildman–Crippen MR) is 116 cm³/mol. The zero-order chi connectivity index (χ0) is 21.0. The molecule has 0 heterocycles. The van der Waals surface area contributed by atoms with Crippen molar-refractivity contribution in [3.05, 3.63) is 88.5 Å². The summed E-state index contributed by atoms with van der Waals surface area (Å²) in [4.78, 5) is 25.4. The summed E-state index contributed by atoms with van der Waals surface area (Å²) >= 11 is 0. The number of ether oxygens (including phenoxy) is 1. The van der Waals surface area contributed by atoms with Gasteiger partial charge in [0.25, 0.3) is 11.8 Å². The van der Waals surface area contributed by atoms with Crippen LogP contribution in [-0.4, -0.2) is 18.9 Å². The van der Waals surface area contributed by atoms with Crippen LogP contribution in [0.4, 0.5) is 11.4 Å². The Bertz CT molecular complexity index is 1050. The maximum atomic E-state index is 12.8. The van der Waals surface area contributed by atoms with Crippen LogP contribution in [0.3, 0.4) is 0 Å². The maximum Gasteiger partial charge on any atom is 0.255 e. The third-order valence-electron chi connectivity index (χ3n) is 4.63. The minimum Gasteiger partial charge on any atom is -0.497 e. The van der Waals surface area contributed by atoms with E-state index in [4.69, 9.17) is 4.74 Å². The van der Waals surface area contributed by atoms with Crippen LogP contribution in [0.5, 0.6) is 5.75 Å². The molecule has 0 spiro atoms. The largest absolute Gasteiger partial charge is 0.497 e. The van der Waals surface area contributed by atoms with E-state index in [1.165, 1.54) is 0 Å². The molecule has 0 aliphatic carbocycles. The van der Waals surface area contributed by atoms with Gasteiger partial charge in [0.1, 0.15) is 5.75 Å². The average molecular weight is 388 g/mol. The topological polar surface area (TPSA) is 67.4 Å². The van der Waals surface area contributed by atoms with Crippen LogP contribution >= 0.6 is 0 Å². The molecule has 0 saturated carbocycles. The van der Waals surface area contributed by atoms with Crippen LogP contribution in [-0.2, 0) is 0 Å². The number of benzene rings is 3. The molecule has 3 rings (SSSR count). The summed E-state index contributed by atoms with van der Waals surface area (Å²) in [5.74, 6) is 0.103. The first-order chi connectivity index (χ1) is 13.9.